The van der Waals surface area contributed by atoms with E-state index >= 15 is 0 Å². The zero-order chi connectivity index (χ0) is 18.0. The number of sulfonamides is 1. The van der Waals surface area contributed by atoms with E-state index in [-0.39, 0.29) is 13.1 Å². The molecule has 0 aromatic heterocycles. The van der Waals surface area contributed by atoms with Gasteiger partial charge in [0.1, 0.15) is 0 Å². The first-order valence-corrected chi connectivity index (χ1v) is 8.51. The molecule has 23 heavy (non-hydrogen) atoms. The van der Waals surface area contributed by atoms with E-state index in [1.165, 1.54) is 4.90 Å². The molecule has 1 amide bonds. The van der Waals surface area contributed by atoms with E-state index in [9.17, 15) is 26.4 Å². The number of halogens is 3. The Morgan fingerprint density at radius 1 is 1.26 bits per heavy atom. The fourth-order valence-electron chi connectivity index (χ4n) is 2.22. The molecule has 0 aliphatic carbocycles. The van der Waals surface area contributed by atoms with Crippen LogP contribution in [0.4, 0.5) is 13.2 Å². The van der Waals surface area contributed by atoms with Crippen LogP contribution in [0.2, 0.25) is 0 Å². The Bertz CT molecular complexity index is 683. The average molecular weight is 352 g/mol. The lowest BCUT2D eigenvalue weighted by Gasteiger charge is -2.25. The minimum Gasteiger partial charge on any atom is -0.339 e. The number of alkyl halides is 3. The molecule has 2 N–H and O–H groups in total. The number of benzene rings is 1. The zero-order valence-electron chi connectivity index (χ0n) is 13.0. The normalized spacial score (nSPS) is 13.7. The van der Waals surface area contributed by atoms with E-state index < -0.39 is 44.0 Å². The number of carbonyl (C=O) groups excluding carboxylic acids is 1. The van der Waals surface area contributed by atoms with Gasteiger partial charge in [0, 0.05) is 13.1 Å². The first-order chi connectivity index (χ1) is 10.4. The molecule has 1 aromatic carbocycles. The van der Waals surface area contributed by atoms with Gasteiger partial charge in [0.25, 0.3) is 5.91 Å². The van der Waals surface area contributed by atoms with Crippen molar-refractivity contribution in [1.29, 1.82) is 0 Å². The van der Waals surface area contributed by atoms with Crippen molar-refractivity contribution >= 4 is 15.9 Å². The smallest absolute Gasteiger partial charge is 0.339 e. The molecule has 130 valence electrons. The van der Waals surface area contributed by atoms with Gasteiger partial charge in [0.05, 0.1) is 16.4 Å². The lowest BCUT2D eigenvalue weighted by atomic mass is 9.94. The third-order valence-corrected chi connectivity index (χ3v) is 4.54. The van der Waals surface area contributed by atoms with Gasteiger partial charge in [-0.1, -0.05) is 12.1 Å². The quantitative estimate of drug-likeness (QED) is 0.884. The summed E-state index contributed by atoms with van der Waals surface area (Å²) in [5, 5.41) is 5.08. The highest BCUT2D eigenvalue weighted by molar-refractivity contribution is 7.89. The minimum atomic E-state index is -4.62. The first-order valence-electron chi connectivity index (χ1n) is 6.96. The number of primary sulfonamides is 1. The van der Waals surface area contributed by atoms with Gasteiger partial charge in [-0.3, -0.25) is 4.79 Å². The molecule has 1 atom stereocenters. The molecular formula is C14H19F3N2O3S. The van der Waals surface area contributed by atoms with Crippen LogP contribution < -0.4 is 5.14 Å². The molecule has 0 heterocycles. The van der Waals surface area contributed by atoms with E-state index in [4.69, 9.17) is 5.14 Å². The average Bonchev–Trinajstić information content (AvgIpc) is 2.44. The standard InChI is InChI=1S/C14H19F3N2O3S/c1-4-19(5-2)13(20)12-10(9(3)14(15,16)17)7-6-8-11(12)23(18,21)22/h6-9H,4-5H2,1-3H3,(H2,18,21,22). The summed E-state index contributed by atoms with van der Waals surface area (Å²) in [6, 6.07) is 3.29. The highest BCUT2D eigenvalue weighted by Gasteiger charge is 2.40. The molecule has 1 aromatic rings. The van der Waals surface area contributed by atoms with Gasteiger partial charge in [-0.2, -0.15) is 13.2 Å². The summed E-state index contributed by atoms with van der Waals surface area (Å²) in [5.74, 6) is -2.79. The van der Waals surface area contributed by atoms with Gasteiger partial charge < -0.3 is 4.90 Å². The van der Waals surface area contributed by atoms with Crippen molar-refractivity contribution in [2.75, 3.05) is 13.1 Å². The summed E-state index contributed by atoms with van der Waals surface area (Å²) < 4.78 is 62.6. The Balaban J connectivity index is 3.70. The van der Waals surface area contributed by atoms with E-state index in [1.807, 2.05) is 0 Å². The Morgan fingerprint density at radius 3 is 2.17 bits per heavy atom. The monoisotopic (exact) mass is 352 g/mol. The van der Waals surface area contributed by atoms with Crippen LogP contribution >= 0.6 is 0 Å². The Morgan fingerprint density at radius 2 is 1.78 bits per heavy atom. The highest BCUT2D eigenvalue weighted by Crippen LogP contribution is 2.37. The second kappa shape index (κ2) is 6.88. The van der Waals surface area contributed by atoms with Crippen molar-refractivity contribution in [1.82, 2.24) is 4.90 Å². The molecule has 0 radical (unpaired) electrons. The maximum Gasteiger partial charge on any atom is 0.395 e. The molecule has 0 fully saturated rings. The summed E-state index contributed by atoms with van der Waals surface area (Å²) in [5.41, 5.74) is -0.913. The molecular weight excluding hydrogens is 333 g/mol. The van der Waals surface area contributed by atoms with E-state index in [1.54, 1.807) is 13.8 Å². The Kier molecular flexibility index (Phi) is 5.81. The summed E-state index contributed by atoms with van der Waals surface area (Å²) >= 11 is 0. The molecule has 0 spiro atoms. The molecule has 5 nitrogen and oxygen atoms in total. The molecule has 0 bridgehead atoms. The number of hydrogen-bond donors (Lipinski definition) is 1. The summed E-state index contributed by atoms with van der Waals surface area (Å²) in [6.07, 6.45) is -4.62. The summed E-state index contributed by atoms with van der Waals surface area (Å²) in [4.78, 5) is 13.2. The Hall–Kier alpha value is -1.61. The predicted octanol–water partition coefficient (Wildman–Crippen LogP) is 2.48. The van der Waals surface area contributed by atoms with E-state index in [0.717, 1.165) is 25.1 Å². The maximum atomic E-state index is 13.1. The van der Waals surface area contributed by atoms with Crippen LogP contribution in [0.15, 0.2) is 23.1 Å². The van der Waals surface area contributed by atoms with Crippen molar-refractivity contribution in [2.45, 2.75) is 37.8 Å². The number of amides is 1. The SMILES string of the molecule is CCN(CC)C(=O)c1c(C(C)C(F)(F)F)cccc1S(N)(=O)=O. The second-order valence-corrected chi connectivity index (χ2v) is 6.54. The molecule has 0 aliphatic heterocycles. The van der Waals surface area contributed by atoms with Crippen molar-refractivity contribution in [3.05, 3.63) is 29.3 Å². The molecule has 9 heteroatoms. The van der Waals surface area contributed by atoms with E-state index in [0.29, 0.717) is 0 Å². The van der Waals surface area contributed by atoms with Gasteiger partial charge in [-0.15, -0.1) is 0 Å². The summed E-state index contributed by atoms with van der Waals surface area (Å²) in [6.45, 7) is 4.63. The van der Waals surface area contributed by atoms with Gasteiger partial charge in [-0.25, -0.2) is 13.6 Å². The van der Waals surface area contributed by atoms with Gasteiger partial charge in [0.15, 0.2) is 0 Å². The topological polar surface area (TPSA) is 80.5 Å². The van der Waals surface area contributed by atoms with Gasteiger partial charge in [0.2, 0.25) is 10.0 Å². The largest absolute Gasteiger partial charge is 0.395 e. The fraction of sp³-hybridized carbons (Fsp3) is 0.500. The maximum absolute atomic E-state index is 13.1. The number of carbonyl (C=O) groups is 1. The van der Waals surface area contributed by atoms with Crippen molar-refractivity contribution in [2.24, 2.45) is 5.14 Å². The summed E-state index contributed by atoms with van der Waals surface area (Å²) in [7, 11) is -4.34. The molecule has 0 saturated heterocycles. The fourth-order valence-corrected chi connectivity index (χ4v) is 2.98. The minimum absolute atomic E-state index is 0.230. The van der Waals surface area contributed by atoms with Gasteiger partial charge >= 0.3 is 6.18 Å². The number of rotatable bonds is 5. The number of nitrogens with two attached hydrogens (primary N) is 1. The highest BCUT2D eigenvalue weighted by atomic mass is 32.2. The van der Waals surface area contributed by atoms with Crippen LogP contribution in [-0.4, -0.2) is 38.5 Å². The lowest BCUT2D eigenvalue weighted by molar-refractivity contribution is -0.146. The molecule has 1 unspecified atom stereocenters. The molecule has 0 aliphatic rings. The number of hydrogen-bond acceptors (Lipinski definition) is 3. The zero-order valence-corrected chi connectivity index (χ0v) is 13.8. The van der Waals surface area contributed by atoms with Crippen LogP contribution in [0.25, 0.3) is 0 Å². The van der Waals surface area contributed by atoms with Gasteiger partial charge in [-0.05, 0) is 32.4 Å². The molecule has 1 rings (SSSR count). The van der Waals surface area contributed by atoms with Crippen LogP contribution in [-0.2, 0) is 10.0 Å². The van der Waals surface area contributed by atoms with Crippen LogP contribution in [0.3, 0.4) is 0 Å². The van der Waals surface area contributed by atoms with E-state index in [2.05, 4.69) is 0 Å². The number of nitrogens with zero attached hydrogens (tertiary/aromatic N) is 1. The van der Waals surface area contributed by atoms with Crippen LogP contribution in [0.5, 0.6) is 0 Å². The second-order valence-electron chi connectivity index (χ2n) is 5.01. The van der Waals surface area contributed by atoms with Crippen molar-refractivity contribution in [3.8, 4) is 0 Å². The van der Waals surface area contributed by atoms with Crippen LogP contribution in [0.1, 0.15) is 42.6 Å². The van der Waals surface area contributed by atoms with Crippen molar-refractivity contribution in [3.63, 3.8) is 0 Å². The molecule has 0 saturated carbocycles. The first kappa shape index (κ1) is 19.4. The van der Waals surface area contributed by atoms with Crippen LogP contribution in [0, 0.1) is 0 Å². The predicted molar refractivity (Wildman–Crippen MR) is 79.5 cm³/mol. The lowest BCUT2D eigenvalue weighted by Crippen LogP contribution is -2.34. The third-order valence-electron chi connectivity index (χ3n) is 3.59. The van der Waals surface area contributed by atoms with Crippen molar-refractivity contribution < 1.29 is 26.4 Å². The third kappa shape index (κ3) is 4.23. The Labute approximate surface area is 133 Å².